The zero-order chi connectivity index (χ0) is 43.2. The van der Waals surface area contributed by atoms with Gasteiger partial charge in [-0.1, -0.05) is 11.6 Å². The summed E-state index contributed by atoms with van der Waals surface area (Å²) in [6.45, 7) is -2.24. The van der Waals surface area contributed by atoms with Gasteiger partial charge in [0.2, 0.25) is 21.8 Å². The van der Waals surface area contributed by atoms with Crippen molar-refractivity contribution in [2.75, 3.05) is 18.1 Å². The van der Waals surface area contributed by atoms with Crippen molar-refractivity contribution in [2.45, 2.75) is 56.7 Å². The molecule has 316 valence electrons. The maximum Gasteiger partial charge on any atom is 0.293 e. The molecule has 60 heavy (non-hydrogen) atoms. The van der Waals surface area contributed by atoms with Crippen LogP contribution in [0.3, 0.4) is 0 Å². The van der Waals surface area contributed by atoms with E-state index in [4.69, 9.17) is 16.3 Å². The Morgan fingerprint density at radius 1 is 1.03 bits per heavy atom. The largest absolute Gasteiger partial charge is 0.481 e. The Kier molecular flexibility index (Phi) is 10.0. The predicted molar refractivity (Wildman–Crippen MR) is 197 cm³/mol. The molecule has 2 aliphatic rings. The normalized spacial score (nSPS) is 17.4. The molecule has 0 saturated heterocycles. The van der Waals surface area contributed by atoms with Crippen molar-refractivity contribution < 1.29 is 53.1 Å². The SMILES string of the molecule is COc1ccc2c(=O)n(-c3ccc(Cl)c4c(NS(C)(=O)=O)nn(CC(F)F)c34)c([C@H](Cc3cc(F)cc(F)c3)NC(=O)Cn3nc(C(F)F)c4c3C(F)(F)[C@@H]3C[C@H]43)nc2n1. The van der Waals surface area contributed by atoms with Gasteiger partial charge in [-0.05, 0) is 48.2 Å². The monoisotopic (exact) mass is 885 g/mol. The van der Waals surface area contributed by atoms with E-state index in [0.717, 1.165) is 23.0 Å². The molecule has 4 heterocycles. The number of nitrogens with zero attached hydrogens (tertiary/aromatic N) is 7. The standard InChI is InChI=1S/C36H28ClF8N9O5S/c1-59-25-6-3-17-32(47-25)48-34(54(35(17)56)22-5-4-20(37)27-29(22)52(12-23(40)41)50-33(27)51-60(2,57)58)21(9-14-7-15(38)10-16(39)8-14)46-24(55)13-53-30-26(28(49-53)31(42)43)18-11-19(18)36(30,44)45/h3-8,10,18-19,21,23,31H,9,11-13H2,1-2H3,(H,46,55)(H,50,51)/t18-,19+,21-/m0/s1. The van der Waals surface area contributed by atoms with E-state index in [9.17, 15) is 44.3 Å². The molecule has 1 saturated carbocycles. The van der Waals surface area contributed by atoms with Crippen molar-refractivity contribution in [1.82, 2.24) is 39.4 Å². The van der Waals surface area contributed by atoms with E-state index in [2.05, 4.69) is 30.2 Å². The number of sulfonamides is 1. The molecule has 1 fully saturated rings. The minimum atomic E-state index is -4.12. The molecule has 6 aromatic rings. The molecular weight excluding hydrogens is 858 g/mol. The van der Waals surface area contributed by atoms with Crippen LogP contribution in [0.2, 0.25) is 5.02 Å². The fourth-order valence-electron chi connectivity index (χ4n) is 7.72. The summed E-state index contributed by atoms with van der Waals surface area (Å²) in [5, 5.41) is 9.52. The number of amides is 1. The molecule has 8 rings (SSSR count). The number of carbonyl (C=O) groups excluding carboxylic acids is 1. The average molecular weight is 886 g/mol. The van der Waals surface area contributed by atoms with Crippen molar-refractivity contribution in [2.24, 2.45) is 5.92 Å². The van der Waals surface area contributed by atoms with Crippen LogP contribution >= 0.6 is 11.6 Å². The summed E-state index contributed by atoms with van der Waals surface area (Å²) in [6.07, 6.45) is -6.24. The van der Waals surface area contributed by atoms with Gasteiger partial charge >= 0.3 is 0 Å². The first-order valence-electron chi connectivity index (χ1n) is 17.7. The van der Waals surface area contributed by atoms with Gasteiger partial charge in [0, 0.05) is 30.0 Å². The molecule has 2 aliphatic carbocycles. The fourth-order valence-corrected chi connectivity index (χ4v) is 8.46. The third kappa shape index (κ3) is 7.26. The van der Waals surface area contributed by atoms with Gasteiger partial charge in [-0.25, -0.2) is 39.7 Å². The molecule has 0 unspecified atom stereocenters. The second kappa shape index (κ2) is 14.7. The topological polar surface area (TPSA) is 168 Å². The summed E-state index contributed by atoms with van der Waals surface area (Å²) in [4.78, 5) is 37.4. The second-order valence-corrected chi connectivity index (χ2v) is 16.4. The van der Waals surface area contributed by atoms with E-state index < -0.39 is 112 Å². The zero-order valence-corrected chi connectivity index (χ0v) is 32.3. The maximum absolute atomic E-state index is 15.4. The van der Waals surface area contributed by atoms with E-state index in [1.165, 1.54) is 31.4 Å². The Hall–Kier alpha value is -5.84. The van der Waals surface area contributed by atoms with Gasteiger partial charge in [0.1, 0.15) is 41.9 Å². The number of hydrogen-bond donors (Lipinski definition) is 2. The highest BCUT2D eigenvalue weighted by Gasteiger charge is 2.67. The Bertz CT molecular complexity index is 2900. The minimum absolute atomic E-state index is 0.0478. The lowest BCUT2D eigenvalue weighted by Gasteiger charge is -2.24. The first-order valence-corrected chi connectivity index (χ1v) is 20.0. The molecule has 24 heteroatoms. The summed E-state index contributed by atoms with van der Waals surface area (Å²) in [5.74, 6) is -10.1. The smallest absolute Gasteiger partial charge is 0.293 e. The van der Waals surface area contributed by atoms with E-state index in [-0.39, 0.29) is 56.1 Å². The van der Waals surface area contributed by atoms with Crippen molar-refractivity contribution in [3.05, 3.63) is 97.8 Å². The molecule has 14 nitrogen and oxygen atoms in total. The van der Waals surface area contributed by atoms with Gasteiger partial charge in [-0.15, -0.1) is 0 Å². The van der Waals surface area contributed by atoms with E-state index in [1.54, 1.807) is 0 Å². The lowest BCUT2D eigenvalue weighted by molar-refractivity contribution is -0.123. The third-order valence-electron chi connectivity index (χ3n) is 10.1. The van der Waals surface area contributed by atoms with Crippen molar-refractivity contribution in [1.29, 1.82) is 0 Å². The van der Waals surface area contributed by atoms with E-state index in [0.29, 0.717) is 15.4 Å². The summed E-state index contributed by atoms with van der Waals surface area (Å²) < 4.78 is 150. The van der Waals surface area contributed by atoms with Crippen LogP contribution in [0.1, 0.15) is 53.1 Å². The van der Waals surface area contributed by atoms with Crippen molar-refractivity contribution in [3.8, 4) is 11.6 Å². The first-order chi connectivity index (χ1) is 28.2. The maximum atomic E-state index is 15.4. The number of pyridine rings is 1. The first kappa shape index (κ1) is 40.9. The highest BCUT2D eigenvalue weighted by atomic mass is 35.5. The Morgan fingerprint density at radius 2 is 1.75 bits per heavy atom. The molecule has 1 amide bonds. The molecule has 0 aliphatic heterocycles. The summed E-state index contributed by atoms with van der Waals surface area (Å²) in [7, 11) is -2.86. The summed E-state index contributed by atoms with van der Waals surface area (Å²) in [5.41, 5.74) is -4.20. The van der Waals surface area contributed by atoms with Crippen LogP contribution in [0.4, 0.5) is 40.9 Å². The number of aromatic nitrogens is 7. The van der Waals surface area contributed by atoms with Gasteiger partial charge < -0.3 is 10.1 Å². The van der Waals surface area contributed by atoms with Crippen LogP contribution in [0, 0.1) is 17.6 Å². The van der Waals surface area contributed by atoms with E-state index in [1.807, 2.05) is 0 Å². The number of carbonyl (C=O) groups is 1. The highest BCUT2D eigenvalue weighted by Crippen LogP contribution is 2.68. The molecule has 0 bridgehead atoms. The third-order valence-corrected chi connectivity index (χ3v) is 10.9. The van der Waals surface area contributed by atoms with Crippen LogP contribution in [-0.2, 0) is 40.3 Å². The van der Waals surface area contributed by atoms with Crippen molar-refractivity contribution >= 4 is 55.3 Å². The van der Waals surface area contributed by atoms with Crippen LogP contribution in [0.25, 0.3) is 27.6 Å². The number of anilines is 1. The number of fused-ring (bicyclic) bond motifs is 5. The average Bonchev–Trinajstić information content (AvgIpc) is 3.68. The predicted octanol–water partition coefficient (Wildman–Crippen LogP) is 6.15. The molecule has 4 aromatic heterocycles. The molecular formula is C36H28ClF8N9O5S. The second-order valence-electron chi connectivity index (χ2n) is 14.2. The van der Waals surface area contributed by atoms with Gasteiger partial charge in [-0.3, -0.25) is 28.2 Å². The lowest BCUT2D eigenvalue weighted by Crippen LogP contribution is -2.38. The molecule has 2 aromatic carbocycles. The molecule has 2 N–H and O–H groups in total. The summed E-state index contributed by atoms with van der Waals surface area (Å²) >= 11 is 6.51. The zero-order valence-electron chi connectivity index (χ0n) is 30.7. The van der Waals surface area contributed by atoms with Crippen LogP contribution in [0.5, 0.6) is 5.88 Å². The Labute approximate surface area is 337 Å². The number of alkyl halides is 6. The van der Waals surface area contributed by atoms with Crippen molar-refractivity contribution in [3.63, 3.8) is 0 Å². The summed E-state index contributed by atoms with van der Waals surface area (Å²) in [6, 6.07) is 5.56. The minimum Gasteiger partial charge on any atom is -0.481 e. The Balaban J connectivity index is 1.35. The number of hydrogen-bond acceptors (Lipinski definition) is 9. The molecule has 0 spiro atoms. The number of halogens is 9. The Morgan fingerprint density at radius 3 is 2.40 bits per heavy atom. The van der Waals surface area contributed by atoms with Crippen LogP contribution in [-0.4, -0.2) is 68.2 Å². The fraction of sp³-hybridized carbons (Fsp3) is 0.333. The molecule has 3 atom stereocenters. The van der Waals surface area contributed by atoms with Crippen LogP contribution in [0.15, 0.2) is 47.3 Å². The van der Waals surface area contributed by atoms with Gasteiger partial charge in [0.05, 0.1) is 46.4 Å². The number of rotatable bonds is 13. The van der Waals surface area contributed by atoms with Crippen LogP contribution < -0.4 is 20.3 Å². The van der Waals surface area contributed by atoms with E-state index >= 15 is 8.78 Å². The quantitative estimate of drug-likeness (QED) is 0.129. The van der Waals surface area contributed by atoms with Gasteiger partial charge in [0.25, 0.3) is 24.3 Å². The number of ether oxygens (including phenoxy) is 1. The molecule has 0 radical (unpaired) electrons. The van der Waals surface area contributed by atoms with Gasteiger partial charge in [-0.2, -0.15) is 24.0 Å². The number of methoxy groups -OCH3 is 1. The van der Waals surface area contributed by atoms with Gasteiger partial charge in [0.15, 0.2) is 11.5 Å². The lowest BCUT2D eigenvalue weighted by atomic mass is 10.0. The number of benzene rings is 2. The highest BCUT2D eigenvalue weighted by molar-refractivity contribution is 7.92. The number of nitrogens with one attached hydrogen (secondary N) is 2.